The van der Waals surface area contributed by atoms with Gasteiger partial charge >= 0.3 is 6.18 Å². The number of nitrogens with one attached hydrogen (secondary N) is 1. The molecule has 8 heteroatoms. The minimum absolute atomic E-state index is 0.122. The summed E-state index contributed by atoms with van der Waals surface area (Å²) in [4.78, 5) is 15.7. The van der Waals surface area contributed by atoms with Gasteiger partial charge in [-0.2, -0.15) is 13.2 Å². The topological polar surface area (TPSA) is 42.0 Å². The van der Waals surface area contributed by atoms with Gasteiger partial charge < -0.3 is 5.32 Å². The Balaban J connectivity index is 2.30. The third-order valence-electron chi connectivity index (χ3n) is 2.52. The number of hydrogen-bond donors (Lipinski definition) is 1. The number of rotatable bonds is 2. The first kappa shape index (κ1) is 15.7. The van der Waals surface area contributed by atoms with Crippen LogP contribution in [-0.4, -0.2) is 10.9 Å². The van der Waals surface area contributed by atoms with E-state index in [-0.39, 0.29) is 5.82 Å². The van der Waals surface area contributed by atoms with Crippen LogP contribution in [0.4, 0.5) is 23.4 Å². The molecule has 1 aromatic carbocycles. The fourth-order valence-electron chi connectivity index (χ4n) is 1.56. The van der Waals surface area contributed by atoms with Gasteiger partial charge in [0.2, 0.25) is 0 Å². The van der Waals surface area contributed by atoms with E-state index in [1.165, 1.54) is 12.3 Å². The van der Waals surface area contributed by atoms with Crippen LogP contribution in [0.25, 0.3) is 0 Å². The maximum Gasteiger partial charge on any atom is 0.419 e. The van der Waals surface area contributed by atoms with E-state index < -0.39 is 29.0 Å². The highest BCUT2D eigenvalue weighted by Crippen LogP contribution is 2.32. The van der Waals surface area contributed by atoms with Crippen molar-refractivity contribution in [2.75, 3.05) is 5.32 Å². The SMILES string of the molecule is O=C(Nc1ccc(I)cn1)c1cccc(C(F)(F)F)c1F. The van der Waals surface area contributed by atoms with Gasteiger partial charge in [0.1, 0.15) is 11.6 Å². The van der Waals surface area contributed by atoms with Crippen LogP contribution in [0.1, 0.15) is 15.9 Å². The molecule has 1 amide bonds. The molecule has 2 aromatic rings. The lowest BCUT2D eigenvalue weighted by Crippen LogP contribution is -2.18. The van der Waals surface area contributed by atoms with Crippen LogP contribution in [0, 0.1) is 9.39 Å². The Morgan fingerprint density at radius 1 is 1.19 bits per heavy atom. The molecule has 0 bridgehead atoms. The Kier molecular flexibility index (Phi) is 4.45. The van der Waals surface area contributed by atoms with Gasteiger partial charge in [0.05, 0.1) is 11.1 Å². The maximum atomic E-state index is 13.8. The zero-order chi connectivity index (χ0) is 15.6. The predicted molar refractivity (Wildman–Crippen MR) is 76.3 cm³/mol. The van der Waals surface area contributed by atoms with E-state index in [1.807, 2.05) is 22.6 Å². The molecule has 0 spiro atoms. The summed E-state index contributed by atoms with van der Waals surface area (Å²) in [6.07, 6.45) is -3.40. The van der Waals surface area contributed by atoms with Crippen molar-refractivity contribution in [3.8, 4) is 0 Å². The van der Waals surface area contributed by atoms with Gasteiger partial charge in [0.25, 0.3) is 5.91 Å². The molecule has 0 unspecified atom stereocenters. The minimum Gasteiger partial charge on any atom is -0.306 e. The van der Waals surface area contributed by atoms with Crippen molar-refractivity contribution in [1.82, 2.24) is 4.98 Å². The van der Waals surface area contributed by atoms with Crippen LogP contribution in [0.5, 0.6) is 0 Å². The molecule has 0 atom stereocenters. The number of aromatic nitrogens is 1. The molecule has 21 heavy (non-hydrogen) atoms. The van der Waals surface area contributed by atoms with Gasteiger partial charge in [-0.3, -0.25) is 4.79 Å². The Hall–Kier alpha value is -1.71. The number of pyridine rings is 1. The van der Waals surface area contributed by atoms with Crippen LogP contribution in [0.15, 0.2) is 36.5 Å². The zero-order valence-electron chi connectivity index (χ0n) is 10.2. The molecule has 0 saturated carbocycles. The van der Waals surface area contributed by atoms with Gasteiger partial charge in [-0.25, -0.2) is 9.37 Å². The highest BCUT2D eigenvalue weighted by molar-refractivity contribution is 14.1. The number of amides is 1. The third-order valence-corrected chi connectivity index (χ3v) is 3.16. The van der Waals surface area contributed by atoms with Crippen molar-refractivity contribution in [2.45, 2.75) is 6.18 Å². The van der Waals surface area contributed by atoms with Crippen LogP contribution in [0.2, 0.25) is 0 Å². The summed E-state index contributed by atoms with van der Waals surface area (Å²) in [6, 6.07) is 5.64. The number of alkyl halides is 3. The van der Waals surface area contributed by atoms with E-state index in [1.54, 1.807) is 6.07 Å². The summed E-state index contributed by atoms with van der Waals surface area (Å²) < 4.78 is 52.3. The van der Waals surface area contributed by atoms with E-state index in [4.69, 9.17) is 0 Å². The summed E-state index contributed by atoms with van der Waals surface area (Å²) >= 11 is 2.00. The van der Waals surface area contributed by atoms with E-state index in [2.05, 4.69) is 10.3 Å². The van der Waals surface area contributed by atoms with Crippen LogP contribution >= 0.6 is 22.6 Å². The summed E-state index contributed by atoms with van der Waals surface area (Å²) in [7, 11) is 0. The average Bonchev–Trinajstić information content (AvgIpc) is 2.40. The molecule has 0 saturated heterocycles. The first-order valence-corrected chi connectivity index (χ1v) is 6.65. The first-order chi connectivity index (χ1) is 9.79. The molecule has 1 N–H and O–H groups in total. The fraction of sp³-hybridized carbons (Fsp3) is 0.0769. The summed E-state index contributed by atoms with van der Waals surface area (Å²) in [5.41, 5.74) is -2.17. The fourth-order valence-corrected chi connectivity index (χ4v) is 1.88. The second kappa shape index (κ2) is 5.96. The monoisotopic (exact) mass is 410 g/mol. The van der Waals surface area contributed by atoms with Gasteiger partial charge in [0, 0.05) is 9.77 Å². The van der Waals surface area contributed by atoms with Crippen molar-refractivity contribution >= 4 is 34.3 Å². The Bertz CT molecular complexity index is 671. The van der Waals surface area contributed by atoms with Crippen LogP contribution in [0.3, 0.4) is 0 Å². The normalized spacial score (nSPS) is 11.3. The van der Waals surface area contributed by atoms with E-state index >= 15 is 0 Å². The molecule has 0 aliphatic heterocycles. The molecule has 110 valence electrons. The van der Waals surface area contributed by atoms with Gasteiger partial charge in [-0.05, 0) is 46.9 Å². The number of benzene rings is 1. The van der Waals surface area contributed by atoms with Crippen LogP contribution in [-0.2, 0) is 6.18 Å². The summed E-state index contributed by atoms with van der Waals surface area (Å²) in [6.45, 7) is 0. The quantitative estimate of drug-likeness (QED) is 0.599. The molecule has 0 aliphatic rings. The summed E-state index contributed by atoms with van der Waals surface area (Å²) in [5.74, 6) is -2.47. The molecule has 0 fully saturated rings. The van der Waals surface area contributed by atoms with Crippen molar-refractivity contribution in [1.29, 1.82) is 0 Å². The molecule has 1 heterocycles. The van der Waals surface area contributed by atoms with E-state index in [0.717, 1.165) is 15.7 Å². The molecule has 1 aromatic heterocycles. The number of carbonyl (C=O) groups excluding carboxylic acids is 1. The molecular formula is C13H7F4IN2O. The molecule has 0 aliphatic carbocycles. The Morgan fingerprint density at radius 2 is 1.90 bits per heavy atom. The highest BCUT2D eigenvalue weighted by Gasteiger charge is 2.35. The minimum atomic E-state index is -4.86. The lowest BCUT2D eigenvalue weighted by Gasteiger charge is -2.11. The molecule has 3 nitrogen and oxygen atoms in total. The number of nitrogens with zero attached hydrogens (tertiary/aromatic N) is 1. The molecular weight excluding hydrogens is 403 g/mol. The van der Waals surface area contributed by atoms with Gasteiger partial charge in [0.15, 0.2) is 0 Å². The van der Waals surface area contributed by atoms with Crippen molar-refractivity contribution in [3.63, 3.8) is 0 Å². The third kappa shape index (κ3) is 3.69. The van der Waals surface area contributed by atoms with E-state index in [9.17, 15) is 22.4 Å². The van der Waals surface area contributed by atoms with Crippen molar-refractivity contribution in [2.24, 2.45) is 0 Å². The lowest BCUT2D eigenvalue weighted by molar-refractivity contribution is -0.140. The van der Waals surface area contributed by atoms with Crippen LogP contribution < -0.4 is 5.32 Å². The van der Waals surface area contributed by atoms with E-state index in [0.29, 0.717) is 6.07 Å². The maximum absolute atomic E-state index is 13.8. The average molecular weight is 410 g/mol. The van der Waals surface area contributed by atoms with Crippen molar-refractivity contribution < 1.29 is 22.4 Å². The van der Waals surface area contributed by atoms with Gasteiger partial charge in [-0.1, -0.05) is 6.07 Å². The second-order valence-corrected chi connectivity index (χ2v) is 5.23. The van der Waals surface area contributed by atoms with Crippen molar-refractivity contribution in [3.05, 3.63) is 57.0 Å². The second-order valence-electron chi connectivity index (χ2n) is 3.98. The standard InChI is InChI=1S/C13H7F4IN2O/c14-11-8(2-1-3-9(11)13(15,16)17)12(21)20-10-5-4-7(18)6-19-10/h1-6H,(H,19,20,21). The number of hydrogen-bond acceptors (Lipinski definition) is 2. The largest absolute Gasteiger partial charge is 0.419 e. The number of carbonyl (C=O) groups is 1. The Morgan fingerprint density at radius 3 is 2.48 bits per heavy atom. The lowest BCUT2D eigenvalue weighted by atomic mass is 10.1. The number of halogens is 5. The highest BCUT2D eigenvalue weighted by atomic mass is 127. The molecule has 0 radical (unpaired) electrons. The molecule has 2 rings (SSSR count). The number of anilines is 1. The first-order valence-electron chi connectivity index (χ1n) is 5.57. The smallest absolute Gasteiger partial charge is 0.306 e. The Labute approximate surface area is 130 Å². The van der Waals surface area contributed by atoms with Gasteiger partial charge in [-0.15, -0.1) is 0 Å². The summed E-state index contributed by atoms with van der Waals surface area (Å²) in [5, 5.41) is 2.24. The zero-order valence-corrected chi connectivity index (χ0v) is 12.4. The predicted octanol–water partition coefficient (Wildman–Crippen LogP) is 4.10.